The van der Waals surface area contributed by atoms with E-state index in [9.17, 15) is 0 Å². The molecule has 52 heavy (non-hydrogen) atoms. The zero-order valence-electron chi connectivity index (χ0n) is 28.5. The van der Waals surface area contributed by atoms with E-state index >= 15 is 0 Å². The first-order valence-corrected chi connectivity index (χ1v) is 18.1. The van der Waals surface area contributed by atoms with Crippen LogP contribution in [0, 0.1) is 0 Å². The molecule has 0 atom stereocenters. The molecule has 0 aromatic heterocycles. The van der Waals surface area contributed by atoms with Crippen LogP contribution in [0.1, 0.15) is 0 Å². The van der Waals surface area contributed by atoms with Crippen LogP contribution in [0.25, 0.3) is 109 Å². The fourth-order valence-corrected chi connectivity index (χ4v) is 8.97. The summed E-state index contributed by atoms with van der Waals surface area (Å²) in [5.41, 5.74) is 9.95. The highest BCUT2D eigenvalue weighted by Crippen LogP contribution is 2.51. The fourth-order valence-electron chi connectivity index (χ4n) is 8.97. The number of fused-ring (bicyclic) bond motifs is 6. The molecule has 11 rings (SSSR count). The van der Waals surface area contributed by atoms with Crippen LogP contribution in [0.5, 0.6) is 0 Å². The van der Waals surface area contributed by atoms with Crippen LogP contribution in [0.15, 0.2) is 194 Å². The molecule has 0 radical (unpaired) electrons. The molecule has 0 aliphatic rings. The van der Waals surface area contributed by atoms with E-state index in [1.54, 1.807) is 0 Å². The van der Waals surface area contributed by atoms with E-state index in [4.69, 9.17) is 0 Å². The minimum Gasteiger partial charge on any atom is -0.0622 e. The summed E-state index contributed by atoms with van der Waals surface area (Å²) >= 11 is 0. The van der Waals surface area contributed by atoms with Crippen LogP contribution < -0.4 is 0 Å². The average molecular weight is 657 g/mol. The standard InChI is InChI=1S/C52H32/c1-4-15-33(16-5-1)36-27-28-42(46(31-36)35-19-8-3-9-20-35)48-40-23-12-13-24-41(40)50-45-30-29-38(34-17-6-2-7-18-34)47-32-37-21-10-11-22-39(37)49(52(45)47)44-26-14-25-43(48)51(44)50/h1-32H. The summed E-state index contributed by atoms with van der Waals surface area (Å²) in [6.45, 7) is 0. The average Bonchev–Trinajstić information content (AvgIpc) is 3.22. The highest BCUT2D eigenvalue weighted by molar-refractivity contribution is 6.44. The second-order valence-corrected chi connectivity index (χ2v) is 13.9. The SMILES string of the molecule is c1ccc(-c2ccc(-c3c4ccccc4c4c5ccc(-c6ccccc6)c6cc7ccccc7c(c7cccc3c74)c65)c(-c3ccccc3)c2)cc1. The lowest BCUT2D eigenvalue weighted by atomic mass is 9.80. The molecule has 0 aliphatic carbocycles. The quantitative estimate of drug-likeness (QED) is 0.131. The van der Waals surface area contributed by atoms with Gasteiger partial charge in [0.15, 0.2) is 0 Å². The van der Waals surface area contributed by atoms with Gasteiger partial charge in [0.1, 0.15) is 0 Å². The fraction of sp³-hybridized carbons (Fsp3) is 0. The zero-order valence-corrected chi connectivity index (χ0v) is 28.5. The molecule has 0 heteroatoms. The first-order valence-electron chi connectivity index (χ1n) is 18.1. The van der Waals surface area contributed by atoms with Crippen molar-refractivity contribution in [1.82, 2.24) is 0 Å². The van der Waals surface area contributed by atoms with Crippen molar-refractivity contribution in [3.8, 4) is 44.5 Å². The molecule has 0 N–H and O–H groups in total. The Kier molecular flexibility index (Phi) is 6.35. The monoisotopic (exact) mass is 656 g/mol. The van der Waals surface area contributed by atoms with E-state index in [-0.39, 0.29) is 0 Å². The van der Waals surface area contributed by atoms with E-state index in [0.29, 0.717) is 0 Å². The van der Waals surface area contributed by atoms with E-state index in [2.05, 4.69) is 194 Å². The normalized spacial score (nSPS) is 11.8. The Balaban J connectivity index is 1.34. The summed E-state index contributed by atoms with van der Waals surface area (Å²) < 4.78 is 0. The molecule has 0 unspecified atom stereocenters. The first-order chi connectivity index (χ1) is 25.8. The van der Waals surface area contributed by atoms with Crippen LogP contribution >= 0.6 is 0 Å². The molecule has 240 valence electrons. The Hall–Kier alpha value is -6.76. The van der Waals surface area contributed by atoms with Crippen molar-refractivity contribution in [3.63, 3.8) is 0 Å². The van der Waals surface area contributed by atoms with Crippen LogP contribution in [-0.4, -0.2) is 0 Å². The molecule has 0 nitrogen and oxygen atoms in total. The molecule has 0 saturated carbocycles. The van der Waals surface area contributed by atoms with Gasteiger partial charge >= 0.3 is 0 Å². The lowest BCUT2D eigenvalue weighted by molar-refractivity contribution is 1.58. The molecule has 0 heterocycles. The second kappa shape index (κ2) is 11.4. The third kappa shape index (κ3) is 4.22. The molecular formula is C52H32. The van der Waals surface area contributed by atoms with Gasteiger partial charge in [0.2, 0.25) is 0 Å². The zero-order chi connectivity index (χ0) is 34.2. The van der Waals surface area contributed by atoms with E-state index < -0.39 is 0 Å². The van der Waals surface area contributed by atoms with Gasteiger partial charge in [-0.15, -0.1) is 0 Å². The van der Waals surface area contributed by atoms with E-state index in [1.165, 1.54) is 109 Å². The number of hydrogen-bond donors (Lipinski definition) is 0. The Labute approximate surface area is 302 Å². The van der Waals surface area contributed by atoms with Gasteiger partial charge in [0.05, 0.1) is 0 Å². The van der Waals surface area contributed by atoms with Crippen LogP contribution in [0.4, 0.5) is 0 Å². The molecule has 11 aromatic carbocycles. The summed E-state index contributed by atoms with van der Waals surface area (Å²) in [5, 5.41) is 15.7. The summed E-state index contributed by atoms with van der Waals surface area (Å²) in [4.78, 5) is 0. The van der Waals surface area contributed by atoms with Gasteiger partial charge in [-0.25, -0.2) is 0 Å². The predicted octanol–water partition coefficient (Wildman–Crippen LogP) is 14.7. The largest absolute Gasteiger partial charge is 0.0622 e. The summed E-state index contributed by atoms with van der Waals surface area (Å²) in [6, 6.07) is 71.7. The molecule has 0 amide bonds. The number of hydrogen-bond acceptors (Lipinski definition) is 0. The second-order valence-electron chi connectivity index (χ2n) is 13.9. The Morgan fingerprint density at radius 1 is 0.212 bits per heavy atom. The lowest BCUT2D eigenvalue weighted by Gasteiger charge is -2.23. The number of benzene rings is 11. The summed E-state index contributed by atoms with van der Waals surface area (Å²) in [6.07, 6.45) is 0. The Morgan fingerprint density at radius 2 is 0.712 bits per heavy atom. The van der Waals surface area contributed by atoms with Gasteiger partial charge in [0, 0.05) is 0 Å². The first kappa shape index (κ1) is 29.0. The minimum absolute atomic E-state index is 1.22. The molecule has 0 aliphatic heterocycles. The van der Waals surface area contributed by atoms with Crippen molar-refractivity contribution in [2.24, 2.45) is 0 Å². The van der Waals surface area contributed by atoms with Crippen molar-refractivity contribution in [2.75, 3.05) is 0 Å². The topological polar surface area (TPSA) is 0 Å². The van der Waals surface area contributed by atoms with Gasteiger partial charge in [-0.05, 0) is 121 Å². The van der Waals surface area contributed by atoms with Crippen LogP contribution in [0.3, 0.4) is 0 Å². The lowest BCUT2D eigenvalue weighted by Crippen LogP contribution is -1.95. The maximum Gasteiger partial charge on any atom is -0.00134 e. The van der Waals surface area contributed by atoms with Crippen molar-refractivity contribution in [3.05, 3.63) is 194 Å². The Morgan fingerprint density at radius 3 is 1.46 bits per heavy atom. The van der Waals surface area contributed by atoms with E-state index in [0.717, 1.165) is 0 Å². The predicted molar refractivity (Wildman–Crippen MR) is 224 cm³/mol. The van der Waals surface area contributed by atoms with E-state index in [1.807, 2.05) is 0 Å². The van der Waals surface area contributed by atoms with Gasteiger partial charge in [-0.2, -0.15) is 0 Å². The Bertz CT molecular complexity index is 3140. The van der Waals surface area contributed by atoms with Gasteiger partial charge in [-0.3, -0.25) is 0 Å². The van der Waals surface area contributed by atoms with Crippen molar-refractivity contribution in [1.29, 1.82) is 0 Å². The molecule has 0 saturated heterocycles. The highest BCUT2D eigenvalue weighted by atomic mass is 14.3. The van der Waals surface area contributed by atoms with Crippen LogP contribution in [-0.2, 0) is 0 Å². The van der Waals surface area contributed by atoms with Gasteiger partial charge < -0.3 is 0 Å². The minimum atomic E-state index is 1.22. The van der Waals surface area contributed by atoms with Crippen LogP contribution in [0.2, 0.25) is 0 Å². The highest BCUT2D eigenvalue weighted by Gasteiger charge is 2.23. The van der Waals surface area contributed by atoms with Crippen molar-refractivity contribution < 1.29 is 0 Å². The smallest absolute Gasteiger partial charge is 0.00134 e. The van der Waals surface area contributed by atoms with Crippen molar-refractivity contribution >= 4 is 64.6 Å². The summed E-state index contributed by atoms with van der Waals surface area (Å²) in [5.74, 6) is 0. The third-order valence-electron chi connectivity index (χ3n) is 11.2. The maximum absolute atomic E-state index is 2.42. The molecule has 11 aromatic rings. The molecule has 0 bridgehead atoms. The summed E-state index contributed by atoms with van der Waals surface area (Å²) in [7, 11) is 0. The van der Waals surface area contributed by atoms with Crippen molar-refractivity contribution in [2.45, 2.75) is 0 Å². The number of rotatable bonds is 4. The molecule has 0 fully saturated rings. The molecule has 0 spiro atoms. The third-order valence-corrected chi connectivity index (χ3v) is 11.2. The molecular weight excluding hydrogens is 625 g/mol. The van der Waals surface area contributed by atoms with Gasteiger partial charge in [0.25, 0.3) is 0 Å². The van der Waals surface area contributed by atoms with Gasteiger partial charge in [-0.1, -0.05) is 182 Å². The maximum atomic E-state index is 2.42.